The second-order valence-electron chi connectivity index (χ2n) is 2.45. The number of carbonyl (C=O) groups excluding carboxylic acids is 1. The Bertz CT molecular complexity index is 110. The molecule has 0 fully saturated rings. The van der Waals surface area contributed by atoms with Crippen LogP contribution in [-0.2, 0) is 4.79 Å². The molecule has 11 heavy (non-hydrogen) atoms. The first-order chi connectivity index (χ1) is 5.04. The molecule has 2 nitrogen and oxygen atoms in total. The predicted molar refractivity (Wildman–Crippen MR) is 50.2 cm³/mol. The number of ketones is 1. The maximum Gasteiger partial charge on any atom is 0.156 e. The molecule has 0 aliphatic heterocycles. The zero-order valence-corrected chi connectivity index (χ0v) is 8.19. The average Bonchev–Trinajstić information content (AvgIpc) is 1.87. The van der Waals surface area contributed by atoms with Crippen molar-refractivity contribution < 1.29 is 4.79 Å². The third-order valence-corrected chi connectivity index (χ3v) is 0.758. The number of hydrogen-bond acceptors (Lipinski definition) is 2. The Kier molecular flexibility index (Phi) is 11.6. The van der Waals surface area contributed by atoms with Gasteiger partial charge in [0.25, 0.3) is 0 Å². The third-order valence-electron chi connectivity index (χ3n) is 0.569. The highest BCUT2D eigenvalue weighted by Gasteiger charge is 1.88. The Morgan fingerprint density at radius 2 is 1.91 bits per heavy atom. The van der Waals surface area contributed by atoms with Crippen LogP contribution in [0.1, 0.15) is 6.42 Å². The van der Waals surface area contributed by atoms with E-state index in [1.807, 2.05) is 26.0 Å². The quantitative estimate of drug-likeness (QED) is 0.482. The van der Waals surface area contributed by atoms with Crippen LogP contribution in [0.4, 0.5) is 0 Å². The van der Waals surface area contributed by atoms with Gasteiger partial charge in [-0.15, -0.1) is 11.6 Å². The number of nitrogens with zero attached hydrogens (tertiary/aromatic N) is 1. The molecule has 0 radical (unpaired) electrons. The van der Waals surface area contributed by atoms with Gasteiger partial charge in [0.2, 0.25) is 0 Å². The van der Waals surface area contributed by atoms with Crippen molar-refractivity contribution in [1.82, 2.24) is 4.90 Å². The fourth-order valence-corrected chi connectivity index (χ4v) is 0.381. The highest BCUT2D eigenvalue weighted by atomic mass is 35.5. The van der Waals surface area contributed by atoms with Gasteiger partial charge in [0.05, 0.1) is 0 Å². The summed E-state index contributed by atoms with van der Waals surface area (Å²) in [6.07, 6.45) is 1.69. The van der Waals surface area contributed by atoms with E-state index >= 15 is 0 Å². The topological polar surface area (TPSA) is 20.3 Å². The highest BCUT2D eigenvalue weighted by molar-refractivity contribution is 6.19. The van der Waals surface area contributed by atoms with Crippen LogP contribution < -0.4 is 0 Å². The molecule has 0 amide bonds. The molecule has 3 heteroatoms. The smallest absolute Gasteiger partial charge is 0.156 e. The molecule has 0 bridgehead atoms. The minimum Gasteiger partial charge on any atom is -0.312 e. The lowest BCUT2D eigenvalue weighted by Crippen LogP contribution is -1.99. The summed E-state index contributed by atoms with van der Waals surface area (Å²) in [7, 11) is 6.00. The summed E-state index contributed by atoms with van der Waals surface area (Å²) >= 11 is 5.21. The first-order valence-electron chi connectivity index (χ1n) is 3.36. The zero-order valence-electron chi connectivity index (χ0n) is 7.43. The van der Waals surface area contributed by atoms with Crippen LogP contribution >= 0.6 is 11.6 Å². The maximum absolute atomic E-state index is 10.2. The largest absolute Gasteiger partial charge is 0.312 e. The van der Waals surface area contributed by atoms with Crippen molar-refractivity contribution in [1.29, 1.82) is 0 Å². The van der Waals surface area contributed by atoms with Crippen LogP contribution in [0.25, 0.3) is 0 Å². The van der Waals surface area contributed by atoms with Crippen molar-refractivity contribution in [3.63, 3.8) is 0 Å². The molecule has 0 atom stereocenters. The molecule has 0 unspecified atom stereocenters. The summed E-state index contributed by atoms with van der Waals surface area (Å²) in [5.41, 5.74) is 0. The van der Waals surface area contributed by atoms with Crippen molar-refractivity contribution in [2.24, 2.45) is 0 Å². The molecule has 0 rings (SSSR count). The van der Waals surface area contributed by atoms with E-state index in [0.29, 0.717) is 12.3 Å². The second kappa shape index (κ2) is 9.66. The lowest BCUT2D eigenvalue weighted by Gasteiger charge is -1.90. The minimum absolute atomic E-state index is 0.00926. The van der Waals surface area contributed by atoms with Crippen LogP contribution in [0, 0.1) is 0 Å². The summed E-state index contributed by atoms with van der Waals surface area (Å²) in [5, 5.41) is 0. The second-order valence-corrected chi connectivity index (χ2v) is 2.83. The van der Waals surface area contributed by atoms with Crippen molar-refractivity contribution in [3.8, 4) is 0 Å². The molecule has 0 aliphatic carbocycles. The summed E-state index contributed by atoms with van der Waals surface area (Å²) < 4.78 is 0. The highest BCUT2D eigenvalue weighted by Crippen LogP contribution is 1.85. The van der Waals surface area contributed by atoms with E-state index in [1.165, 1.54) is 6.08 Å². The fraction of sp³-hybridized carbons (Fsp3) is 0.625. The summed E-state index contributed by atoms with van der Waals surface area (Å²) in [4.78, 5) is 12.2. The van der Waals surface area contributed by atoms with Crippen LogP contribution in [0.3, 0.4) is 0 Å². The molecule has 0 N–H and O–H groups in total. The number of alkyl halides is 1. The van der Waals surface area contributed by atoms with Gasteiger partial charge in [0, 0.05) is 12.3 Å². The van der Waals surface area contributed by atoms with Crippen LogP contribution in [0.5, 0.6) is 0 Å². The lowest BCUT2D eigenvalue weighted by molar-refractivity contribution is -0.114. The van der Waals surface area contributed by atoms with Crippen molar-refractivity contribution in [2.75, 3.05) is 27.0 Å². The van der Waals surface area contributed by atoms with Gasteiger partial charge >= 0.3 is 0 Å². The molecule has 0 aliphatic rings. The molecule has 0 aromatic carbocycles. The Morgan fingerprint density at radius 1 is 1.55 bits per heavy atom. The average molecular weight is 178 g/mol. The first-order valence-corrected chi connectivity index (χ1v) is 3.90. The molecule has 0 heterocycles. The van der Waals surface area contributed by atoms with E-state index in [1.54, 1.807) is 0 Å². The lowest BCUT2D eigenvalue weighted by atomic mass is 10.3. The van der Waals surface area contributed by atoms with Gasteiger partial charge in [0.1, 0.15) is 0 Å². The van der Waals surface area contributed by atoms with Crippen LogP contribution in [-0.4, -0.2) is 37.7 Å². The molecular formula is C8H16ClNO. The van der Waals surface area contributed by atoms with Gasteiger partial charge in [-0.1, -0.05) is 6.58 Å². The molecule has 0 aromatic heterocycles. The van der Waals surface area contributed by atoms with E-state index in [2.05, 4.69) is 6.58 Å². The van der Waals surface area contributed by atoms with Crippen molar-refractivity contribution in [3.05, 3.63) is 12.7 Å². The molecule has 0 aromatic rings. The standard InChI is InChI=1S/C5H7ClO.C3H9N/c1-2-5(7)3-4-6;1-4(2)3/h2H,1,3-4H2;1-3H3. The van der Waals surface area contributed by atoms with Crippen molar-refractivity contribution >= 4 is 17.4 Å². The Morgan fingerprint density at radius 3 is 2.00 bits per heavy atom. The van der Waals surface area contributed by atoms with E-state index in [4.69, 9.17) is 11.6 Å². The summed E-state index contributed by atoms with van der Waals surface area (Å²) in [6.45, 7) is 3.27. The third kappa shape index (κ3) is 26.1. The van der Waals surface area contributed by atoms with Gasteiger partial charge in [-0.3, -0.25) is 4.79 Å². The molecule has 0 saturated heterocycles. The van der Waals surface area contributed by atoms with Crippen LogP contribution in [0.2, 0.25) is 0 Å². The number of halogens is 1. The number of allylic oxidation sites excluding steroid dienone is 1. The van der Waals surface area contributed by atoms with Crippen LogP contribution in [0.15, 0.2) is 12.7 Å². The molecule has 66 valence electrons. The van der Waals surface area contributed by atoms with Gasteiger partial charge in [-0.2, -0.15) is 0 Å². The van der Waals surface area contributed by atoms with E-state index in [-0.39, 0.29) is 5.78 Å². The summed E-state index contributed by atoms with van der Waals surface area (Å²) in [5.74, 6) is 0.403. The van der Waals surface area contributed by atoms with Gasteiger partial charge in [-0.25, -0.2) is 0 Å². The predicted octanol–water partition coefficient (Wildman–Crippen LogP) is 1.55. The summed E-state index contributed by atoms with van der Waals surface area (Å²) in [6, 6.07) is 0. The van der Waals surface area contributed by atoms with Gasteiger partial charge < -0.3 is 4.90 Å². The Labute approximate surface area is 73.8 Å². The SMILES string of the molecule is C=CC(=O)CCCl.CN(C)C. The van der Waals surface area contributed by atoms with E-state index in [9.17, 15) is 4.79 Å². The Hall–Kier alpha value is -0.340. The van der Waals surface area contributed by atoms with E-state index in [0.717, 1.165) is 0 Å². The van der Waals surface area contributed by atoms with Crippen molar-refractivity contribution in [2.45, 2.75) is 6.42 Å². The monoisotopic (exact) mass is 177 g/mol. The zero-order chi connectivity index (χ0) is 9.28. The number of hydrogen-bond donors (Lipinski definition) is 0. The van der Waals surface area contributed by atoms with E-state index < -0.39 is 0 Å². The van der Waals surface area contributed by atoms with Gasteiger partial charge in [0.15, 0.2) is 5.78 Å². The Balaban J connectivity index is 0. The molecule has 0 saturated carbocycles. The number of carbonyl (C=O) groups is 1. The molecular weight excluding hydrogens is 162 g/mol. The fourth-order valence-electron chi connectivity index (χ4n) is 0.195. The van der Waals surface area contributed by atoms with Gasteiger partial charge in [-0.05, 0) is 27.2 Å². The maximum atomic E-state index is 10.2. The first kappa shape index (κ1) is 13.3. The molecule has 0 spiro atoms. The minimum atomic E-state index is 0.00926. The number of rotatable bonds is 3. The normalized spacial score (nSPS) is 8.45.